The van der Waals surface area contributed by atoms with Gasteiger partial charge in [0.05, 0.1) is 12.6 Å². The average Bonchev–Trinajstić information content (AvgIpc) is 3.14. The van der Waals surface area contributed by atoms with Crippen molar-refractivity contribution >= 4 is 28.9 Å². The molecular formula is C23H24ClF2N5O. The molecule has 0 spiro atoms. The number of nitrogens with one attached hydrogen (secondary N) is 2. The van der Waals surface area contributed by atoms with Gasteiger partial charge < -0.3 is 20.4 Å². The summed E-state index contributed by atoms with van der Waals surface area (Å²) in [6.45, 7) is 2.97. The number of amides is 1. The van der Waals surface area contributed by atoms with E-state index in [1.807, 2.05) is 24.3 Å². The Balaban J connectivity index is 1.60. The van der Waals surface area contributed by atoms with Crippen molar-refractivity contribution in [2.45, 2.75) is 18.4 Å². The number of hydrogen-bond donors (Lipinski definition) is 2. The quantitative estimate of drug-likeness (QED) is 0.671. The first-order valence-corrected chi connectivity index (χ1v) is 10.9. The van der Waals surface area contributed by atoms with E-state index in [1.54, 1.807) is 24.3 Å². The molecule has 2 fully saturated rings. The van der Waals surface area contributed by atoms with Crippen molar-refractivity contribution in [1.82, 2.24) is 10.6 Å². The summed E-state index contributed by atoms with van der Waals surface area (Å²) >= 11 is 6.45. The van der Waals surface area contributed by atoms with E-state index in [-0.39, 0.29) is 6.54 Å². The van der Waals surface area contributed by atoms with Crippen LogP contribution in [-0.2, 0) is 4.79 Å². The van der Waals surface area contributed by atoms with Crippen molar-refractivity contribution in [2.24, 2.45) is 0 Å². The molecule has 2 N–H and O–H groups in total. The van der Waals surface area contributed by atoms with Crippen LogP contribution in [0.5, 0.6) is 0 Å². The molecule has 32 heavy (non-hydrogen) atoms. The molecule has 0 unspecified atom stereocenters. The fourth-order valence-corrected chi connectivity index (χ4v) is 4.48. The Labute approximate surface area is 190 Å². The largest absolute Gasteiger partial charge is 0.369 e. The summed E-state index contributed by atoms with van der Waals surface area (Å²) in [6.07, 6.45) is -0.596. The van der Waals surface area contributed by atoms with Crippen molar-refractivity contribution in [3.8, 4) is 17.2 Å². The van der Waals surface area contributed by atoms with Crippen molar-refractivity contribution in [3.05, 3.63) is 47.5 Å². The van der Waals surface area contributed by atoms with Crippen molar-refractivity contribution < 1.29 is 13.6 Å². The fourth-order valence-electron chi connectivity index (χ4n) is 4.25. The third-order valence-corrected chi connectivity index (χ3v) is 6.19. The molecule has 4 rings (SSSR count). The number of piperazine rings is 1. The van der Waals surface area contributed by atoms with Gasteiger partial charge in [0, 0.05) is 54.6 Å². The summed E-state index contributed by atoms with van der Waals surface area (Å²) in [7, 11) is 0. The lowest BCUT2D eigenvalue weighted by molar-refractivity contribution is -0.122. The van der Waals surface area contributed by atoms with Gasteiger partial charge in [-0.2, -0.15) is 5.26 Å². The zero-order valence-electron chi connectivity index (χ0n) is 17.5. The fraction of sp³-hybridized carbons (Fsp3) is 0.391. The second kappa shape index (κ2) is 9.31. The lowest BCUT2D eigenvalue weighted by Gasteiger charge is -2.29. The van der Waals surface area contributed by atoms with E-state index in [0.29, 0.717) is 16.3 Å². The predicted octanol–water partition coefficient (Wildman–Crippen LogP) is 3.27. The molecule has 2 heterocycles. The van der Waals surface area contributed by atoms with Crippen LogP contribution in [0.2, 0.25) is 5.02 Å². The number of halogens is 3. The van der Waals surface area contributed by atoms with Crippen LogP contribution in [0.3, 0.4) is 0 Å². The summed E-state index contributed by atoms with van der Waals surface area (Å²) in [5, 5.41) is 14.9. The minimum absolute atomic E-state index is 0.222. The van der Waals surface area contributed by atoms with Gasteiger partial charge in [0.2, 0.25) is 5.91 Å². The van der Waals surface area contributed by atoms with Gasteiger partial charge in [0.25, 0.3) is 5.92 Å². The minimum atomic E-state index is -3.00. The Bertz CT molecular complexity index is 1020. The summed E-state index contributed by atoms with van der Waals surface area (Å²) in [4.78, 5) is 16.1. The van der Waals surface area contributed by atoms with Gasteiger partial charge in [0.15, 0.2) is 0 Å². The Morgan fingerprint density at radius 1 is 1.19 bits per heavy atom. The zero-order chi connectivity index (χ0) is 22.7. The van der Waals surface area contributed by atoms with E-state index in [9.17, 15) is 13.6 Å². The highest BCUT2D eigenvalue weighted by Gasteiger charge is 2.48. The number of anilines is 2. The van der Waals surface area contributed by atoms with Crippen LogP contribution >= 0.6 is 11.6 Å². The first-order valence-electron chi connectivity index (χ1n) is 10.5. The molecule has 0 aliphatic carbocycles. The summed E-state index contributed by atoms with van der Waals surface area (Å²) in [5.74, 6) is -3.58. The van der Waals surface area contributed by atoms with E-state index < -0.39 is 30.8 Å². The van der Waals surface area contributed by atoms with Gasteiger partial charge in [-0.25, -0.2) is 8.78 Å². The van der Waals surface area contributed by atoms with Gasteiger partial charge in [-0.15, -0.1) is 0 Å². The van der Waals surface area contributed by atoms with E-state index in [0.717, 1.165) is 37.4 Å². The first kappa shape index (κ1) is 22.3. The van der Waals surface area contributed by atoms with Gasteiger partial charge in [-0.1, -0.05) is 23.7 Å². The molecule has 2 saturated heterocycles. The van der Waals surface area contributed by atoms with Crippen molar-refractivity contribution in [1.29, 1.82) is 5.26 Å². The molecule has 0 bridgehead atoms. The lowest BCUT2D eigenvalue weighted by Crippen LogP contribution is -2.43. The highest BCUT2D eigenvalue weighted by atomic mass is 35.5. The van der Waals surface area contributed by atoms with Gasteiger partial charge in [-0.3, -0.25) is 4.79 Å². The van der Waals surface area contributed by atoms with Gasteiger partial charge >= 0.3 is 0 Å². The summed E-state index contributed by atoms with van der Waals surface area (Å²) in [5.41, 5.74) is 3.19. The number of alkyl halides is 2. The topological polar surface area (TPSA) is 71.4 Å². The molecule has 2 aromatic rings. The standard InChI is InChI=1S/C23H24ClF2N5O/c24-20-6-5-18(31-15-23(25,26)14-21(31)22(32)29-8-7-27)13-19(20)16-1-3-17(4-2-16)30-11-9-28-10-12-30/h1-6,13,21,28H,8-12,14-15H2,(H,29,32)/t21-/m0/s1. The maximum atomic E-state index is 14.2. The zero-order valence-corrected chi connectivity index (χ0v) is 18.2. The van der Waals surface area contributed by atoms with E-state index in [4.69, 9.17) is 16.9 Å². The normalized spacial score (nSPS) is 20.1. The molecule has 6 nitrogen and oxygen atoms in total. The molecule has 1 amide bonds. The number of carbonyl (C=O) groups excluding carboxylic acids is 1. The van der Waals surface area contributed by atoms with E-state index >= 15 is 0 Å². The molecule has 2 aliphatic rings. The Morgan fingerprint density at radius 2 is 1.88 bits per heavy atom. The Kier molecular flexibility index (Phi) is 6.49. The molecule has 0 radical (unpaired) electrons. The van der Waals surface area contributed by atoms with Crippen LogP contribution in [0.4, 0.5) is 20.2 Å². The molecule has 1 atom stereocenters. The number of nitrogens with zero attached hydrogens (tertiary/aromatic N) is 3. The molecule has 0 saturated carbocycles. The third-order valence-electron chi connectivity index (χ3n) is 5.86. The highest BCUT2D eigenvalue weighted by Crippen LogP contribution is 2.39. The highest BCUT2D eigenvalue weighted by molar-refractivity contribution is 6.33. The van der Waals surface area contributed by atoms with Crippen LogP contribution in [0, 0.1) is 11.3 Å². The first-order chi connectivity index (χ1) is 15.4. The monoisotopic (exact) mass is 459 g/mol. The number of rotatable bonds is 5. The Hall–Kier alpha value is -2.89. The molecule has 168 valence electrons. The van der Waals surface area contributed by atoms with Crippen LogP contribution < -0.4 is 20.4 Å². The Morgan fingerprint density at radius 3 is 2.56 bits per heavy atom. The molecule has 2 aromatic carbocycles. The predicted molar refractivity (Wildman–Crippen MR) is 121 cm³/mol. The molecule has 0 aromatic heterocycles. The second-order valence-corrected chi connectivity index (χ2v) is 8.43. The van der Waals surface area contributed by atoms with Gasteiger partial charge in [-0.05, 0) is 35.9 Å². The molecular weight excluding hydrogens is 436 g/mol. The van der Waals surface area contributed by atoms with Crippen LogP contribution in [-0.4, -0.2) is 57.1 Å². The second-order valence-electron chi connectivity index (χ2n) is 8.03. The van der Waals surface area contributed by atoms with Crippen molar-refractivity contribution in [2.75, 3.05) is 49.1 Å². The number of carbonyl (C=O) groups is 1. The van der Waals surface area contributed by atoms with Gasteiger partial charge in [0.1, 0.15) is 12.6 Å². The maximum absolute atomic E-state index is 14.2. The number of benzene rings is 2. The van der Waals surface area contributed by atoms with Crippen LogP contribution in [0.1, 0.15) is 6.42 Å². The van der Waals surface area contributed by atoms with Crippen molar-refractivity contribution in [3.63, 3.8) is 0 Å². The molecule has 9 heteroatoms. The number of hydrogen-bond acceptors (Lipinski definition) is 5. The van der Waals surface area contributed by atoms with Crippen LogP contribution in [0.15, 0.2) is 42.5 Å². The summed E-state index contributed by atoms with van der Waals surface area (Å²) < 4.78 is 28.4. The average molecular weight is 460 g/mol. The lowest BCUT2D eigenvalue weighted by atomic mass is 10.0. The third kappa shape index (κ3) is 4.79. The number of nitriles is 1. The van der Waals surface area contributed by atoms with E-state index in [2.05, 4.69) is 15.5 Å². The molecule has 2 aliphatic heterocycles. The van der Waals surface area contributed by atoms with Crippen LogP contribution in [0.25, 0.3) is 11.1 Å². The summed E-state index contributed by atoms with van der Waals surface area (Å²) in [6, 6.07) is 13.8. The van der Waals surface area contributed by atoms with E-state index in [1.165, 1.54) is 4.90 Å². The minimum Gasteiger partial charge on any atom is -0.369 e. The maximum Gasteiger partial charge on any atom is 0.267 e. The SMILES string of the molecule is N#CCNC(=O)[C@@H]1CC(F)(F)CN1c1ccc(Cl)c(-c2ccc(N3CCNCC3)cc2)c1. The smallest absolute Gasteiger partial charge is 0.267 e.